The van der Waals surface area contributed by atoms with Crippen LogP contribution in [0.3, 0.4) is 0 Å². The standard InChI is InChI=1S/C40H56ClN3O6S/c1-5-43(6-2)32-22-48-39(49-23-32)34-11-7-9-26(3)27(4)51(46,47)42-38(45)29-13-17-37-36(20-29)44(21-30-12-15-33(30)34)24-40(25-50-37)18-8-10-28-19-31(41)14-16-35(28)40/h13-14,16-17,19-20,26-27,30,32-34,39H,5-12,15,18,21-25H2,1-4H3,(H,42,45)/t26-,27+,30-,32-,33+,34-,39-,40-/m0/s1. The Morgan fingerprint density at radius 3 is 2.49 bits per heavy atom. The number of ether oxygens (including phenoxy) is 3. The number of hydrogen-bond acceptors (Lipinski definition) is 8. The second-order valence-corrected chi connectivity index (χ2v) is 18.4. The summed E-state index contributed by atoms with van der Waals surface area (Å²) >= 11 is 6.49. The first-order valence-corrected chi connectivity index (χ1v) is 21.3. The van der Waals surface area contributed by atoms with Crippen LogP contribution < -0.4 is 14.4 Å². The Kier molecular flexibility index (Phi) is 11.0. The van der Waals surface area contributed by atoms with Crippen molar-refractivity contribution in [2.45, 2.75) is 102 Å². The smallest absolute Gasteiger partial charge is 0.264 e. The fraction of sp³-hybridized carbons (Fsp3) is 0.675. The van der Waals surface area contributed by atoms with Gasteiger partial charge in [-0.15, -0.1) is 0 Å². The highest BCUT2D eigenvalue weighted by molar-refractivity contribution is 7.90. The summed E-state index contributed by atoms with van der Waals surface area (Å²) in [6, 6.07) is 11.9. The third-order valence-electron chi connectivity index (χ3n) is 13.1. The molecule has 2 fully saturated rings. The maximum atomic E-state index is 13.6. The van der Waals surface area contributed by atoms with E-state index in [1.54, 1.807) is 13.0 Å². The fourth-order valence-electron chi connectivity index (χ4n) is 9.68. The van der Waals surface area contributed by atoms with Crippen LogP contribution in [-0.2, 0) is 31.3 Å². The summed E-state index contributed by atoms with van der Waals surface area (Å²) in [7, 11) is -3.91. The van der Waals surface area contributed by atoms with Gasteiger partial charge in [-0.1, -0.05) is 44.9 Å². The summed E-state index contributed by atoms with van der Waals surface area (Å²) in [5.41, 5.74) is 3.49. The summed E-state index contributed by atoms with van der Waals surface area (Å²) in [5, 5.41) is 0.0311. The predicted octanol–water partition coefficient (Wildman–Crippen LogP) is 6.81. The molecule has 2 bridgehead atoms. The number of fused-ring (bicyclic) bond motifs is 4. The van der Waals surface area contributed by atoms with Gasteiger partial charge in [-0.2, -0.15) is 0 Å². The van der Waals surface area contributed by atoms with Crippen LogP contribution in [-0.4, -0.2) is 82.8 Å². The molecule has 0 unspecified atom stereocenters. The van der Waals surface area contributed by atoms with E-state index in [1.165, 1.54) is 11.1 Å². The highest BCUT2D eigenvalue weighted by atomic mass is 35.5. The van der Waals surface area contributed by atoms with Crippen LogP contribution in [0, 0.1) is 23.7 Å². The van der Waals surface area contributed by atoms with Gasteiger partial charge in [0.05, 0.1) is 36.8 Å². The van der Waals surface area contributed by atoms with Crippen LogP contribution in [0.25, 0.3) is 0 Å². The van der Waals surface area contributed by atoms with E-state index in [0.29, 0.717) is 37.2 Å². The number of likely N-dealkylation sites (N-methyl/N-ethyl adjacent to an activating group) is 1. The number of amides is 1. The molecular weight excluding hydrogens is 686 g/mol. The molecule has 2 aromatic rings. The first-order valence-electron chi connectivity index (χ1n) is 19.4. The van der Waals surface area contributed by atoms with Gasteiger partial charge in [0.15, 0.2) is 6.29 Å². The molecule has 5 aliphatic rings. The van der Waals surface area contributed by atoms with Crippen molar-refractivity contribution in [2.75, 3.05) is 50.9 Å². The summed E-state index contributed by atoms with van der Waals surface area (Å²) in [6.45, 7) is 13.4. The highest BCUT2D eigenvalue weighted by Crippen LogP contribution is 2.49. The molecule has 11 heteroatoms. The van der Waals surface area contributed by atoms with E-state index in [9.17, 15) is 13.2 Å². The molecule has 51 heavy (non-hydrogen) atoms. The van der Waals surface area contributed by atoms with Crippen LogP contribution in [0.5, 0.6) is 5.75 Å². The van der Waals surface area contributed by atoms with Crippen molar-refractivity contribution < 1.29 is 27.4 Å². The molecule has 0 radical (unpaired) electrons. The van der Waals surface area contributed by atoms with Gasteiger partial charge in [-0.3, -0.25) is 9.69 Å². The number of sulfonamides is 1. The number of nitrogens with one attached hydrogen (secondary N) is 1. The number of halogens is 1. The largest absolute Gasteiger partial charge is 0.490 e. The Bertz CT molecular complexity index is 1680. The second kappa shape index (κ2) is 15.2. The van der Waals surface area contributed by atoms with Gasteiger partial charge in [0, 0.05) is 35.0 Å². The molecule has 1 saturated carbocycles. The Hall–Kier alpha value is -2.37. The third-order valence-corrected chi connectivity index (χ3v) is 15.2. The van der Waals surface area contributed by atoms with Gasteiger partial charge >= 0.3 is 0 Å². The van der Waals surface area contributed by atoms with E-state index in [0.717, 1.165) is 94.0 Å². The lowest BCUT2D eigenvalue weighted by Gasteiger charge is -2.49. The zero-order valence-corrected chi connectivity index (χ0v) is 32.3. The highest BCUT2D eigenvalue weighted by Gasteiger charge is 2.47. The van der Waals surface area contributed by atoms with Gasteiger partial charge in [0.25, 0.3) is 5.91 Å². The molecule has 280 valence electrons. The van der Waals surface area contributed by atoms with Crippen LogP contribution in [0.15, 0.2) is 36.4 Å². The lowest BCUT2D eigenvalue weighted by molar-refractivity contribution is -0.243. The van der Waals surface area contributed by atoms with E-state index in [2.05, 4.69) is 40.5 Å². The minimum Gasteiger partial charge on any atom is -0.490 e. The normalized spacial score (nSPS) is 34.0. The predicted molar refractivity (Wildman–Crippen MR) is 201 cm³/mol. The second-order valence-electron chi connectivity index (χ2n) is 16.0. The van der Waals surface area contributed by atoms with E-state index >= 15 is 0 Å². The lowest BCUT2D eigenvalue weighted by Crippen LogP contribution is -2.53. The maximum absolute atomic E-state index is 13.6. The molecule has 1 spiro atoms. The van der Waals surface area contributed by atoms with Gasteiger partial charge < -0.3 is 19.1 Å². The summed E-state index contributed by atoms with van der Waals surface area (Å²) in [4.78, 5) is 18.4. The van der Waals surface area contributed by atoms with Crippen molar-refractivity contribution in [3.8, 4) is 5.75 Å². The van der Waals surface area contributed by atoms with Crippen LogP contribution >= 0.6 is 11.6 Å². The number of carbonyl (C=O) groups is 1. The minimum absolute atomic E-state index is 0.123. The number of benzene rings is 2. The van der Waals surface area contributed by atoms with Crippen molar-refractivity contribution >= 4 is 33.2 Å². The molecule has 6 atom stereocenters. The zero-order chi connectivity index (χ0) is 35.9. The summed E-state index contributed by atoms with van der Waals surface area (Å²) in [6.07, 6.45) is 7.51. The van der Waals surface area contributed by atoms with E-state index < -0.39 is 21.2 Å². The SMILES string of the molecule is CCN(CC)[C@H]1CO[C@H]([C@H]2CCC[C@H](C)[C@@H](C)S(=O)(=O)NC(=O)c3ccc4c(c3)N(C[C@@H]3CC[C@H]32)C[C@@]2(CCCc3cc(Cl)ccc32)CO4)OC1. The molecule has 2 aromatic carbocycles. The molecule has 9 nitrogen and oxygen atoms in total. The molecule has 3 heterocycles. The van der Waals surface area contributed by atoms with Crippen LogP contribution in [0.1, 0.15) is 94.1 Å². The van der Waals surface area contributed by atoms with Crippen molar-refractivity contribution in [3.63, 3.8) is 0 Å². The molecular formula is C40H56ClN3O6S. The van der Waals surface area contributed by atoms with Gasteiger partial charge in [-0.05, 0) is 124 Å². The molecule has 1 amide bonds. The molecule has 2 aliphatic carbocycles. The van der Waals surface area contributed by atoms with Gasteiger partial charge in [0.2, 0.25) is 10.0 Å². The third kappa shape index (κ3) is 7.42. The molecule has 3 aliphatic heterocycles. The van der Waals surface area contributed by atoms with Gasteiger partial charge in [0.1, 0.15) is 5.75 Å². The van der Waals surface area contributed by atoms with Crippen molar-refractivity contribution in [3.05, 3.63) is 58.1 Å². The lowest BCUT2D eigenvalue weighted by atomic mass is 9.64. The number of carbonyl (C=O) groups excluding carboxylic acids is 1. The van der Waals surface area contributed by atoms with Crippen LogP contribution in [0.4, 0.5) is 5.69 Å². The number of hydrogen-bond donors (Lipinski definition) is 1. The molecule has 1 saturated heterocycles. The fourth-order valence-corrected chi connectivity index (χ4v) is 11.2. The maximum Gasteiger partial charge on any atom is 0.264 e. The topological polar surface area (TPSA) is 97.4 Å². The number of rotatable bonds is 4. The quantitative estimate of drug-likeness (QED) is 0.366. The van der Waals surface area contributed by atoms with Crippen LogP contribution in [0.2, 0.25) is 5.02 Å². The zero-order valence-electron chi connectivity index (χ0n) is 30.7. The molecule has 0 aromatic heterocycles. The average molecular weight is 742 g/mol. The molecule has 7 rings (SSSR count). The van der Waals surface area contributed by atoms with Crippen molar-refractivity contribution in [1.29, 1.82) is 0 Å². The van der Waals surface area contributed by atoms with Crippen molar-refractivity contribution in [1.82, 2.24) is 9.62 Å². The first kappa shape index (κ1) is 37.0. The summed E-state index contributed by atoms with van der Waals surface area (Å²) < 4.78 is 49.4. The van der Waals surface area contributed by atoms with E-state index in [1.807, 2.05) is 25.1 Å². The Labute approximate surface area is 309 Å². The number of aryl methyl sites for hydroxylation is 1. The Morgan fingerprint density at radius 1 is 0.980 bits per heavy atom. The Morgan fingerprint density at radius 2 is 1.76 bits per heavy atom. The monoisotopic (exact) mass is 741 g/mol. The summed E-state index contributed by atoms with van der Waals surface area (Å²) in [5.74, 6) is 1.05. The van der Waals surface area contributed by atoms with E-state index in [-0.39, 0.29) is 29.6 Å². The number of nitrogens with zero attached hydrogens (tertiary/aromatic N) is 2. The van der Waals surface area contributed by atoms with Crippen molar-refractivity contribution in [2.24, 2.45) is 23.7 Å². The minimum atomic E-state index is -3.91. The van der Waals surface area contributed by atoms with Gasteiger partial charge in [-0.25, -0.2) is 13.1 Å². The van der Waals surface area contributed by atoms with E-state index in [4.69, 9.17) is 25.8 Å². The average Bonchev–Trinajstić information content (AvgIpc) is 3.26. The molecule has 1 N–H and O–H groups in total. The Balaban J connectivity index is 1.25. The first-order chi connectivity index (χ1) is 24.5. The number of anilines is 1.